The van der Waals surface area contributed by atoms with E-state index in [9.17, 15) is 9.59 Å². The van der Waals surface area contributed by atoms with E-state index in [4.69, 9.17) is 13.9 Å². The molecule has 133 valence electrons. The number of benzene rings is 1. The second-order valence-corrected chi connectivity index (χ2v) is 5.57. The lowest BCUT2D eigenvalue weighted by molar-refractivity contribution is -0.138. The summed E-state index contributed by atoms with van der Waals surface area (Å²) in [6, 6.07) is 7.73. The molecular formula is C19H23O5Si. The summed E-state index contributed by atoms with van der Waals surface area (Å²) in [5, 5.41) is 0. The van der Waals surface area contributed by atoms with E-state index in [2.05, 4.69) is 23.6 Å². The molecule has 0 saturated heterocycles. The first-order valence-corrected chi connectivity index (χ1v) is 8.54. The summed E-state index contributed by atoms with van der Waals surface area (Å²) in [7, 11) is 3.09. The molecule has 6 heteroatoms. The Labute approximate surface area is 152 Å². The third-order valence-electron chi connectivity index (χ3n) is 3.68. The van der Waals surface area contributed by atoms with Gasteiger partial charge in [-0.1, -0.05) is 31.4 Å². The number of rotatable bonds is 12. The van der Waals surface area contributed by atoms with Crippen molar-refractivity contribution in [1.82, 2.24) is 0 Å². The monoisotopic (exact) mass is 359 g/mol. The minimum atomic E-state index is -0.420. The summed E-state index contributed by atoms with van der Waals surface area (Å²) in [5.74, 6) is 0.0984. The largest absolute Gasteiger partial charge is 0.540 e. The minimum Gasteiger partial charge on any atom is -0.540 e. The molecule has 0 spiro atoms. The zero-order chi connectivity index (χ0) is 18.5. The van der Waals surface area contributed by atoms with Gasteiger partial charge in [-0.3, -0.25) is 0 Å². The summed E-state index contributed by atoms with van der Waals surface area (Å²) in [6.45, 7) is 7.42. The topological polar surface area (TPSA) is 61.8 Å². The van der Waals surface area contributed by atoms with Crippen LogP contribution in [0.25, 0.3) is 0 Å². The molecule has 0 heterocycles. The average Bonchev–Trinajstić information content (AvgIpc) is 2.66. The minimum absolute atomic E-state index is 0.192. The van der Waals surface area contributed by atoms with Gasteiger partial charge in [0.25, 0.3) is 0 Å². The van der Waals surface area contributed by atoms with E-state index in [0.29, 0.717) is 26.1 Å². The van der Waals surface area contributed by atoms with Crippen LogP contribution in [0.5, 0.6) is 5.75 Å². The summed E-state index contributed by atoms with van der Waals surface area (Å²) >= 11 is 0. The van der Waals surface area contributed by atoms with E-state index in [1.807, 2.05) is 24.3 Å². The fraction of sp³-hybridized carbons (Fsp3) is 0.368. The Morgan fingerprint density at radius 1 is 1.00 bits per heavy atom. The molecule has 5 nitrogen and oxygen atoms in total. The van der Waals surface area contributed by atoms with Crippen molar-refractivity contribution in [3.05, 3.63) is 55.1 Å². The van der Waals surface area contributed by atoms with Crippen LogP contribution in [0.3, 0.4) is 0 Å². The third-order valence-corrected chi connectivity index (χ3v) is 3.90. The van der Waals surface area contributed by atoms with Gasteiger partial charge in [-0.25, -0.2) is 9.59 Å². The molecule has 0 aliphatic rings. The number of hydrogen-bond donors (Lipinski definition) is 0. The predicted octanol–water partition coefficient (Wildman–Crippen LogP) is 3.25. The van der Waals surface area contributed by atoms with Gasteiger partial charge in [0.15, 0.2) is 0 Å². The molecule has 0 unspecified atom stereocenters. The summed E-state index contributed by atoms with van der Waals surface area (Å²) in [5.41, 5.74) is 1.06. The first-order valence-electron chi connectivity index (χ1n) is 8.13. The Balaban J connectivity index is 2.63. The molecule has 0 amide bonds. The van der Waals surface area contributed by atoms with Gasteiger partial charge in [-0.15, -0.1) is 0 Å². The number of hydrogen-bond acceptors (Lipinski definition) is 5. The summed E-state index contributed by atoms with van der Waals surface area (Å²) < 4.78 is 15.3. The Bertz CT molecular complexity index is 557. The highest BCUT2D eigenvalue weighted by Crippen LogP contribution is 2.33. The van der Waals surface area contributed by atoms with Crippen LogP contribution < -0.4 is 4.43 Å². The molecule has 3 radical (unpaired) electrons. The normalized spacial score (nSPS) is 10.2. The van der Waals surface area contributed by atoms with Gasteiger partial charge < -0.3 is 13.9 Å². The molecule has 25 heavy (non-hydrogen) atoms. The van der Waals surface area contributed by atoms with E-state index in [1.54, 1.807) is 0 Å². The first kappa shape index (κ1) is 20.7. The van der Waals surface area contributed by atoms with Crippen LogP contribution in [-0.2, 0) is 19.1 Å². The van der Waals surface area contributed by atoms with Crippen LogP contribution in [0.2, 0.25) is 0 Å². The molecule has 0 fully saturated rings. The van der Waals surface area contributed by atoms with Gasteiger partial charge >= 0.3 is 22.4 Å². The molecule has 1 aromatic carbocycles. The number of carbonyl (C=O) groups excluding carboxylic acids is 2. The van der Waals surface area contributed by atoms with E-state index < -0.39 is 11.9 Å². The molecule has 0 saturated carbocycles. The molecular weight excluding hydrogens is 336 g/mol. The lowest BCUT2D eigenvalue weighted by Gasteiger charge is -2.20. The molecule has 1 rings (SSSR count). The van der Waals surface area contributed by atoms with E-state index in [-0.39, 0.29) is 5.92 Å². The molecule has 0 N–H and O–H groups in total. The summed E-state index contributed by atoms with van der Waals surface area (Å²) in [6.07, 6.45) is 5.36. The van der Waals surface area contributed by atoms with Crippen LogP contribution in [-0.4, -0.2) is 35.6 Å². The Morgan fingerprint density at radius 3 is 2.00 bits per heavy atom. The van der Waals surface area contributed by atoms with Gasteiger partial charge in [0.2, 0.25) is 0 Å². The van der Waals surface area contributed by atoms with Crippen LogP contribution in [0.15, 0.2) is 49.6 Å². The third kappa shape index (κ3) is 7.85. The Hall–Kier alpha value is -2.34. The van der Waals surface area contributed by atoms with Gasteiger partial charge in [-0.2, -0.15) is 0 Å². The number of ether oxygens (including phenoxy) is 2. The van der Waals surface area contributed by atoms with Crippen molar-refractivity contribution in [3.8, 4) is 5.75 Å². The van der Waals surface area contributed by atoms with E-state index in [1.165, 1.54) is 0 Å². The van der Waals surface area contributed by atoms with Crippen molar-refractivity contribution in [2.24, 2.45) is 0 Å². The highest BCUT2D eigenvalue weighted by molar-refractivity contribution is 6.00. The second-order valence-electron chi connectivity index (χ2n) is 5.36. The lowest BCUT2D eigenvalue weighted by Crippen LogP contribution is -2.08. The van der Waals surface area contributed by atoms with Crippen LogP contribution in [0.1, 0.15) is 37.2 Å². The van der Waals surface area contributed by atoms with Gasteiger partial charge in [0, 0.05) is 12.2 Å². The van der Waals surface area contributed by atoms with Crippen molar-refractivity contribution < 1.29 is 23.5 Å². The second kappa shape index (κ2) is 12.1. The molecule has 0 atom stereocenters. The SMILES string of the molecule is C=CC(=O)OCCCC(CCCOC(=O)C=C)c1ccccc1O[Si]. The van der Waals surface area contributed by atoms with Gasteiger partial charge in [0.1, 0.15) is 5.75 Å². The fourth-order valence-electron chi connectivity index (χ4n) is 2.49. The molecule has 0 aromatic heterocycles. The number of esters is 2. The Kier molecular flexibility index (Phi) is 10.0. The van der Waals surface area contributed by atoms with Crippen molar-refractivity contribution in [2.45, 2.75) is 31.6 Å². The predicted molar refractivity (Wildman–Crippen MR) is 96.3 cm³/mol. The van der Waals surface area contributed by atoms with E-state index in [0.717, 1.165) is 36.3 Å². The van der Waals surface area contributed by atoms with Gasteiger partial charge in [-0.05, 0) is 43.2 Å². The lowest BCUT2D eigenvalue weighted by atomic mass is 9.89. The maximum absolute atomic E-state index is 11.1. The fourth-order valence-corrected chi connectivity index (χ4v) is 2.67. The zero-order valence-electron chi connectivity index (χ0n) is 14.2. The van der Waals surface area contributed by atoms with Crippen molar-refractivity contribution in [1.29, 1.82) is 0 Å². The molecule has 0 bridgehead atoms. The first-order chi connectivity index (χ1) is 12.1. The molecule has 1 aromatic rings. The van der Waals surface area contributed by atoms with Crippen LogP contribution in [0, 0.1) is 0 Å². The standard InChI is InChI=1S/C19H23O5Si/c1-3-18(20)22-13-7-9-15(10-8-14-23-19(21)4-2)16-11-5-6-12-17(16)24-25/h3-6,11-12,15H,1-2,7-10,13-14H2. The van der Waals surface area contributed by atoms with Crippen LogP contribution in [0.4, 0.5) is 0 Å². The highest BCUT2D eigenvalue weighted by atomic mass is 28.2. The number of para-hydroxylation sites is 1. The van der Waals surface area contributed by atoms with Crippen molar-refractivity contribution >= 4 is 22.4 Å². The maximum Gasteiger partial charge on any atom is 0.341 e. The quantitative estimate of drug-likeness (QED) is 0.248. The Morgan fingerprint density at radius 2 is 1.52 bits per heavy atom. The highest BCUT2D eigenvalue weighted by Gasteiger charge is 2.16. The number of carbonyl (C=O) groups is 2. The molecule has 0 aliphatic heterocycles. The summed E-state index contributed by atoms with van der Waals surface area (Å²) in [4.78, 5) is 22.2. The van der Waals surface area contributed by atoms with Gasteiger partial charge in [0.05, 0.1) is 13.2 Å². The van der Waals surface area contributed by atoms with Crippen molar-refractivity contribution in [3.63, 3.8) is 0 Å². The zero-order valence-corrected chi connectivity index (χ0v) is 15.2. The average molecular weight is 359 g/mol. The van der Waals surface area contributed by atoms with E-state index >= 15 is 0 Å². The van der Waals surface area contributed by atoms with Crippen molar-refractivity contribution in [2.75, 3.05) is 13.2 Å². The molecule has 0 aliphatic carbocycles. The smallest absolute Gasteiger partial charge is 0.341 e. The maximum atomic E-state index is 11.1. The van der Waals surface area contributed by atoms with Crippen LogP contribution >= 0.6 is 0 Å².